The normalized spacial score (nSPS) is 11.0. The molecule has 0 aromatic heterocycles. The van der Waals surface area contributed by atoms with Crippen LogP contribution < -0.4 is 21.2 Å². The van der Waals surface area contributed by atoms with Gasteiger partial charge in [-0.15, -0.1) is 0 Å². The molecule has 0 heterocycles. The Balaban J connectivity index is 0.000000706. The molecule has 0 saturated heterocycles. The summed E-state index contributed by atoms with van der Waals surface area (Å²) in [6.07, 6.45) is 0. The van der Waals surface area contributed by atoms with Gasteiger partial charge in [0.25, 0.3) is 8.47 Å². The van der Waals surface area contributed by atoms with Gasteiger partial charge < -0.3 is 4.80 Å². The molecule has 0 fully saturated rings. The average Bonchev–Trinajstić information content (AvgIpc) is 2.78. The molecule has 0 radical (unpaired) electrons. The van der Waals surface area contributed by atoms with Crippen molar-refractivity contribution in [3.05, 3.63) is 121 Å². The van der Waals surface area contributed by atoms with E-state index >= 15 is 0 Å². The van der Waals surface area contributed by atoms with Gasteiger partial charge in [-0.05, 0) is 0 Å². The zero-order chi connectivity index (χ0) is 19.7. The number of rotatable bonds is 4. The molecular formula is C24H23OPSSi. The average molecular weight is 419 g/mol. The molecule has 1 nitrogen and oxygen atoms in total. The van der Waals surface area contributed by atoms with Gasteiger partial charge in [0.2, 0.25) is 0 Å². The van der Waals surface area contributed by atoms with Crippen LogP contribution in [0.1, 0.15) is 0 Å². The fourth-order valence-corrected chi connectivity index (χ4v) is 8.52. The van der Waals surface area contributed by atoms with Gasteiger partial charge >= 0.3 is 150 Å². The summed E-state index contributed by atoms with van der Waals surface area (Å²) >= 11 is 4.03. The summed E-state index contributed by atoms with van der Waals surface area (Å²) in [5.41, 5.74) is 0. The predicted molar refractivity (Wildman–Crippen MR) is 130 cm³/mol. The third-order valence-corrected chi connectivity index (χ3v) is 9.62. The van der Waals surface area contributed by atoms with Crippen molar-refractivity contribution in [2.75, 3.05) is 0 Å². The molecule has 28 heavy (non-hydrogen) atoms. The van der Waals surface area contributed by atoms with Crippen LogP contribution in [0.25, 0.3) is 0 Å². The van der Waals surface area contributed by atoms with E-state index in [1.807, 2.05) is 0 Å². The van der Waals surface area contributed by atoms with Crippen LogP contribution >= 0.6 is 18.9 Å². The van der Waals surface area contributed by atoms with E-state index in [4.69, 9.17) is 4.80 Å². The van der Waals surface area contributed by atoms with Crippen LogP contribution in [0.5, 0.6) is 0 Å². The number of benzene rings is 4. The molecule has 4 heteroatoms. The molecule has 140 valence electrons. The van der Waals surface area contributed by atoms with Crippen LogP contribution in [-0.2, 0) is 0 Å². The van der Waals surface area contributed by atoms with Gasteiger partial charge in [0.1, 0.15) is 0 Å². The predicted octanol–water partition coefficient (Wildman–Crippen LogP) is 3.48. The molecule has 4 aromatic rings. The molecule has 0 aliphatic rings. The first-order valence-electron chi connectivity index (χ1n) is 9.14. The Hall–Kier alpha value is -2.45. The van der Waals surface area contributed by atoms with E-state index in [-0.39, 0.29) is 0 Å². The molecule has 0 unspecified atom stereocenters. The zero-order valence-corrected chi connectivity index (χ0v) is 18.5. The summed E-state index contributed by atoms with van der Waals surface area (Å²) in [5, 5.41) is 5.66. The van der Waals surface area contributed by atoms with Crippen molar-refractivity contribution in [1.29, 1.82) is 0 Å². The van der Waals surface area contributed by atoms with E-state index in [1.54, 1.807) is 0 Å². The van der Waals surface area contributed by atoms with Crippen molar-refractivity contribution >= 4 is 48.6 Å². The quantitative estimate of drug-likeness (QED) is 0.405. The molecule has 0 aliphatic heterocycles. The first kappa shape index (κ1) is 20.3. The second-order valence-electron chi connectivity index (χ2n) is 6.32. The van der Waals surface area contributed by atoms with Crippen LogP contribution in [0.2, 0.25) is 0 Å². The minimum atomic E-state index is -2.30. The van der Waals surface area contributed by atoms with Gasteiger partial charge in [-0.2, -0.15) is 0 Å². The van der Waals surface area contributed by atoms with Crippen molar-refractivity contribution in [3.8, 4) is 0 Å². The summed E-state index contributed by atoms with van der Waals surface area (Å²) < 4.78 is 0. The van der Waals surface area contributed by atoms with Gasteiger partial charge in [0.05, 0.1) is 0 Å². The first-order chi connectivity index (χ1) is 13.8. The summed E-state index contributed by atoms with van der Waals surface area (Å²) in [6, 6.07) is 44.0. The maximum absolute atomic E-state index is 7.47. The topological polar surface area (TPSA) is 20.2 Å². The van der Waals surface area contributed by atoms with Crippen LogP contribution in [0.3, 0.4) is 0 Å². The standard InChI is InChI=1S/C24H21P.H2OSSi/c1-5-13-21(14-6-1)25(22-15-7-2-8-16-22,23-17-9-3-10-18-23)24-19-11-4-12-20-24;1-3-2/h1-20,25H;1,3H. The fraction of sp³-hybridized carbons (Fsp3) is 0. The molecule has 0 spiro atoms. The van der Waals surface area contributed by atoms with Crippen LogP contribution in [0.4, 0.5) is 0 Å². The van der Waals surface area contributed by atoms with Gasteiger partial charge in [-0.1, -0.05) is 11.6 Å². The van der Waals surface area contributed by atoms with Gasteiger partial charge in [0.15, 0.2) is 0 Å². The van der Waals surface area contributed by atoms with Crippen LogP contribution in [-0.4, -0.2) is 13.3 Å². The van der Waals surface area contributed by atoms with Crippen molar-refractivity contribution in [2.24, 2.45) is 0 Å². The third-order valence-electron chi connectivity index (χ3n) is 4.83. The Kier molecular flexibility index (Phi) is 7.38. The molecule has 4 aromatic carbocycles. The molecular weight excluding hydrogens is 395 g/mol. The van der Waals surface area contributed by atoms with E-state index in [1.165, 1.54) is 21.2 Å². The maximum atomic E-state index is 7.47. The third kappa shape index (κ3) is 4.17. The number of hydrogen-bond acceptors (Lipinski definition) is 1. The second kappa shape index (κ2) is 10.2. The van der Waals surface area contributed by atoms with Crippen molar-refractivity contribution < 1.29 is 4.80 Å². The Morgan fingerprint density at radius 2 is 0.643 bits per heavy atom. The van der Waals surface area contributed by atoms with Gasteiger partial charge in [0, 0.05) is 0 Å². The molecule has 1 N–H and O–H groups in total. The van der Waals surface area contributed by atoms with Gasteiger partial charge in [-0.25, -0.2) is 0 Å². The van der Waals surface area contributed by atoms with E-state index in [0.29, 0.717) is 0 Å². The molecule has 0 atom stereocenters. The summed E-state index contributed by atoms with van der Waals surface area (Å²) in [7, 11) is -2.97. The zero-order valence-electron chi connectivity index (χ0n) is 15.5. The molecule has 0 aliphatic carbocycles. The Morgan fingerprint density at radius 3 is 0.821 bits per heavy atom. The van der Waals surface area contributed by atoms with Crippen LogP contribution in [0, 0.1) is 0 Å². The van der Waals surface area contributed by atoms with Crippen LogP contribution in [0.15, 0.2) is 121 Å². The summed E-state index contributed by atoms with van der Waals surface area (Å²) in [5.74, 6) is 0. The Labute approximate surface area is 174 Å². The minimum absolute atomic E-state index is 0.667. The van der Waals surface area contributed by atoms with E-state index in [2.05, 4.69) is 133 Å². The number of hydrogen-bond donors (Lipinski definition) is 1. The first-order valence-corrected chi connectivity index (χ1v) is 13.5. The second-order valence-corrected chi connectivity index (χ2v) is 11.0. The van der Waals surface area contributed by atoms with Crippen molar-refractivity contribution in [3.63, 3.8) is 0 Å². The van der Waals surface area contributed by atoms with E-state index < -0.39 is 15.7 Å². The van der Waals surface area contributed by atoms with Gasteiger partial charge in [-0.3, -0.25) is 0 Å². The molecule has 0 saturated carbocycles. The summed E-state index contributed by atoms with van der Waals surface area (Å²) in [4.78, 5) is 7.47. The fourth-order valence-electron chi connectivity index (χ4n) is 3.75. The van der Waals surface area contributed by atoms with Crippen molar-refractivity contribution in [2.45, 2.75) is 0 Å². The Morgan fingerprint density at radius 1 is 0.464 bits per heavy atom. The molecule has 0 amide bonds. The molecule has 0 bridgehead atoms. The van der Waals surface area contributed by atoms with E-state index in [0.717, 1.165) is 0 Å². The monoisotopic (exact) mass is 418 g/mol. The van der Waals surface area contributed by atoms with Crippen molar-refractivity contribution in [1.82, 2.24) is 0 Å². The Bertz CT molecular complexity index is 817. The summed E-state index contributed by atoms with van der Waals surface area (Å²) in [6.45, 7) is 0. The molecule has 4 rings (SSSR count). The van der Waals surface area contributed by atoms with E-state index in [9.17, 15) is 0 Å². The SMILES string of the molecule is O[SiH]=S.c1ccc([PH](c2ccccc2)(c2ccccc2)c2ccccc2)cc1.